The summed E-state index contributed by atoms with van der Waals surface area (Å²) in [7, 11) is 1.65. The maximum atomic E-state index is 12.7. The average Bonchev–Trinajstić information content (AvgIpc) is 2.52. The van der Waals surface area contributed by atoms with Crippen molar-refractivity contribution in [2.75, 3.05) is 7.11 Å². The smallest absolute Gasteiger partial charge is 0.252 e. The zero-order chi connectivity index (χ0) is 17.0. The Morgan fingerprint density at radius 1 is 1.04 bits per heavy atom. The number of ether oxygens (including phenoxy) is 1. The summed E-state index contributed by atoms with van der Waals surface area (Å²) >= 11 is 0. The van der Waals surface area contributed by atoms with Gasteiger partial charge in [-0.15, -0.1) is 0 Å². The number of aryl methyl sites for hydroxylation is 2. The van der Waals surface area contributed by atoms with Gasteiger partial charge in [-0.2, -0.15) is 0 Å². The van der Waals surface area contributed by atoms with Gasteiger partial charge in [0.05, 0.1) is 13.2 Å². The van der Waals surface area contributed by atoms with E-state index in [0.717, 1.165) is 28.0 Å². The van der Waals surface area contributed by atoms with E-state index < -0.39 is 0 Å². The number of benzene rings is 2. The average molecular weight is 311 g/mol. The van der Waals surface area contributed by atoms with Crippen LogP contribution in [-0.2, 0) is 0 Å². The highest BCUT2D eigenvalue weighted by molar-refractivity contribution is 5.96. The van der Waals surface area contributed by atoms with E-state index in [9.17, 15) is 4.79 Å². The highest BCUT2D eigenvalue weighted by Gasteiger charge is 2.20. The van der Waals surface area contributed by atoms with E-state index >= 15 is 0 Å². The standard InChI is InChI=1S/C20H25NO2/c1-13(2)19(16-7-9-17(23-5)10-8-16)21-20(22)18-11-6-14(3)12-15(18)4/h6-13,19H,1-5H3,(H,21,22)/t19-/m1/s1. The van der Waals surface area contributed by atoms with Crippen LogP contribution in [0.2, 0.25) is 0 Å². The zero-order valence-electron chi connectivity index (χ0n) is 14.5. The fraction of sp³-hybridized carbons (Fsp3) is 0.350. The first-order valence-corrected chi connectivity index (χ1v) is 7.94. The number of nitrogens with one attached hydrogen (secondary N) is 1. The minimum atomic E-state index is -0.0332. The molecule has 1 amide bonds. The van der Waals surface area contributed by atoms with Crippen LogP contribution in [0.25, 0.3) is 0 Å². The van der Waals surface area contributed by atoms with Gasteiger partial charge in [0.25, 0.3) is 5.91 Å². The first-order chi connectivity index (χ1) is 10.9. The van der Waals surface area contributed by atoms with E-state index in [4.69, 9.17) is 4.74 Å². The SMILES string of the molecule is COc1ccc([C@H](NC(=O)c2ccc(C)cc2C)C(C)C)cc1. The van der Waals surface area contributed by atoms with Crippen LogP contribution in [0.5, 0.6) is 5.75 Å². The Morgan fingerprint density at radius 2 is 1.70 bits per heavy atom. The lowest BCUT2D eigenvalue weighted by atomic mass is 9.95. The maximum absolute atomic E-state index is 12.7. The third-order valence-electron chi connectivity index (χ3n) is 4.05. The van der Waals surface area contributed by atoms with Gasteiger partial charge in [0.1, 0.15) is 5.75 Å². The summed E-state index contributed by atoms with van der Waals surface area (Å²) in [6.45, 7) is 8.22. The third kappa shape index (κ3) is 4.13. The first kappa shape index (κ1) is 17.1. The van der Waals surface area contributed by atoms with Gasteiger partial charge in [0, 0.05) is 5.56 Å². The van der Waals surface area contributed by atoms with Crippen LogP contribution in [0.4, 0.5) is 0 Å². The summed E-state index contributed by atoms with van der Waals surface area (Å²) in [6, 6.07) is 13.7. The molecule has 0 saturated heterocycles. The molecule has 0 heterocycles. The molecule has 2 rings (SSSR count). The highest BCUT2D eigenvalue weighted by Crippen LogP contribution is 2.24. The Balaban J connectivity index is 2.23. The van der Waals surface area contributed by atoms with Crippen LogP contribution < -0.4 is 10.1 Å². The number of amides is 1. The Hall–Kier alpha value is -2.29. The molecule has 3 heteroatoms. The first-order valence-electron chi connectivity index (χ1n) is 7.94. The lowest BCUT2D eigenvalue weighted by Crippen LogP contribution is -2.32. The summed E-state index contributed by atoms with van der Waals surface area (Å²) in [5.74, 6) is 1.08. The summed E-state index contributed by atoms with van der Waals surface area (Å²) in [5.41, 5.74) is 3.98. The van der Waals surface area contributed by atoms with Gasteiger partial charge in [-0.1, -0.05) is 43.7 Å². The van der Waals surface area contributed by atoms with Crippen molar-refractivity contribution in [3.63, 3.8) is 0 Å². The van der Waals surface area contributed by atoms with Crippen LogP contribution in [-0.4, -0.2) is 13.0 Å². The van der Waals surface area contributed by atoms with E-state index in [1.165, 1.54) is 0 Å². The van der Waals surface area contributed by atoms with Gasteiger partial charge < -0.3 is 10.1 Å². The van der Waals surface area contributed by atoms with Crippen LogP contribution in [0.1, 0.15) is 46.9 Å². The number of carbonyl (C=O) groups is 1. The normalized spacial score (nSPS) is 12.1. The summed E-state index contributed by atoms with van der Waals surface area (Å²) in [6.07, 6.45) is 0. The fourth-order valence-electron chi connectivity index (χ4n) is 2.73. The molecule has 122 valence electrons. The monoisotopic (exact) mass is 311 g/mol. The molecule has 23 heavy (non-hydrogen) atoms. The maximum Gasteiger partial charge on any atom is 0.252 e. The molecule has 0 aromatic heterocycles. The van der Waals surface area contributed by atoms with Crippen molar-refractivity contribution in [3.05, 3.63) is 64.7 Å². The van der Waals surface area contributed by atoms with Gasteiger partial charge in [0.2, 0.25) is 0 Å². The fourth-order valence-corrected chi connectivity index (χ4v) is 2.73. The number of carbonyl (C=O) groups excluding carboxylic acids is 1. The quantitative estimate of drug-likeness (QED) is 0.886. The Bertz CT molecular complexity index is 675. The second kappa shape index (κ2) is 7.32. The molecule has 0 fully saturated rings. The van der Waals surface area contributed by atoms with Gasteiger partial charge in [-0.3, -0.25) is 4.79 Å². The van der Waals surface area contributed by atoms with E-state index in [1.54, 1.807) is 7.11 Å². The lowest BCUT2D eigenvalue weighted by Gasteiger charge is -2.23. The van der Waals surface area contributed by atoms with E-state index in [-0.39, 0.29) is 17.9 Å². The Kier molecular flexibility index (Phi) is 5.43. The predicted octanol–water partition coefficient (Wildman–Crippen LogP) is 4.44. The van der Waals surface area contributed by atoms with Crippen molar-refractivity contribution >= 4 is 5.91 Å². The highest BCUT2D eigenvalue weighted by atomic mass is 16.5. The van der Waals surface area contributed by atoms with Gasteiger partial charge in [0.15, 0.2) is 0 Å². The topological polar surface area (TPSA) is 38.3 Å². The van der Waals surface area contributed by atoms with Gasteiger partial charge in [-0.05, 0) is 49.1 Å². The summed E-state index contributed by atoms with van der Waals surface area (Å²) in [5, 5.41) is 3.17. The molecule has 0 radical (unpaired) electrons. The molecule has 0 unspecified atom stereocenters. The van der Waals surface area contributed by atoms with Gasteiger partial charge >= 0.3 is 0 Å². The van der Waals surface area contributed by atoms with Crippen molar-refractivity contribution < 1.29 is 9.53 Å². The molecule has 0 aliphatic heterocycles. The van der Waals surface area contributed by atoms with Crippen LogP contribution in [0, 0.1) is 19.8 Å². The van der Waals surface area contributed by atoms with E-state index in [2.05, 4.69) is 19.2 Å². The van der Waals surface area contributed by atoms with E-state index in [0.29, 0.717) is 0 Å². The molecule has 0 bridgehead atoms. The minimum Gasteiger partial charge on any atom is -0.497 e. The summed E-state index contributed by atoms with van der Waals surface area (Å²) < 4.78 is 5.20. The van der Waals surface area contributed by atoms with Crippen molar-refractivity contribution in [3.8, 4) is 5.75 Å². The Morgan fingerprint density at radius 3 is 2.22 bits per heavy atom. The number of methoxy groups -OCH3 is 1. The van der Waals surface area contributed by atoms with E-state index in [1.807, 2.05) is 56.3 Å². The second-order valence-corrected chi connectivity index (χ2v) is 6.29. The lowest BCUT2D eigenvalue weighted by molar-refractivity contribution is 0.0925. The summed E-state index contributed by atoms with van der Waals surface area (Å²) in [4.78, 5) is 12.7. The predicted molar refractivity (Wildman–Crippen MR) is 94.0 cm³/mol. The van der Waals surface area contributed by atoms with Gasteiger partial charge in [-0.25, -0.2) is 0 Å². The molecule has 1 N–H and O–H groups in total. The molecule has 3 nitrogen and oxygen atoms in total. The van der Waals surface area contributed by atoms with Crippen molar-refractivity contribution in [2.45, 2.75) is 33.7 Å². The number of hydrogen-bond acceptors (Lipinski definition) is 2. The second-order valence-electron chi connectivity index (χ2n) is 6.29. The number of rotatable bonds is 5. The minimum absolute atomic E-state index is 0.0305. The van der Waals surface area contributed by atoms with Crippen molar-refractivity contribution in [1.29, 1.82) is 0 Å². The van der Waals surface area contributed by atoms with Crippen LogP contribution in [0.15, 0.2) is 42.5 Å². The Labute approximate surface area is 138 Å². The molecule has 2 aromatic rings. The van der Waals surface area contributed by atoms with Crippen LogP contribution >= 0.6 is 0 Å². The third-order valence-corrected chi connectivity index (χ3v) is 4.05. The largest absolute Gasteiger partial charge is 0.497 e. The molecule has 0 saturated carbocycles. The molecule has 0 aliphatic rings. The zero-order valence-corrected chi connectivity index (χ0v) is 14.5. The molecular weight excluding hydrogens is 286 g/mol. The molecule has 0 aliphatic carbocycles. The molecule has 1 atom stereocenters. The number of hydrogen-bond donors (Lipinski definition) is 1. The molecule has 0 spiro atoms. The van der Waals surface area contributed by atoms with Crippen molar-refractivity contribution in [2.24, 2.45) is 5.92 Å². The molecular formula is C20H25NO2. The van der Waals surface area contributed by atoms with Crippen molar-refractivity contribution in [1.82, 2.24) is 5.32 Å². The van der Waals surface area contributed by atoms with Crippen LogP contribution in [0.3, 0.4) is 0 Å². The molecule has 2 aromatic carbocycles.